The quantitative estimate of drug-likeness (QED) is 0.842. The Morgan fingerprint density at radius 2 is 1.86 bits per heavy atom. The smallest absolute Gasteiger partial charge is 0.404 e. The van der Waals surface area contributed by atoms with Crippen molar-refractivity contribution in [1.29, 1.82) is 0 Å². The number of likely N-dealkylation sites (N-methyl/N-ethyl adjacent to an activating group) is 1. The number of rotatable bonds is 2. The zero-order valence-corrected chi connectivity index (χ0v) is 11.5. The summed E-state index contributed by atoms with van der Waals surface area (Å²) in [6.07, 6.45) is -4.84. The molecule has 1 aromatic carbocycles. The van der Waals surface area contributed by atoms with Crippen LogP contribution in [0.5, 0.6) is 5.75 Å². The number of benzene rings is 1. The fourth-order valence-electron chi connectivity index (χ4n) is 2.07. The van der Waals surface area contributed by atoms with Crippen molar-refractivity contribution >= 4 is 11.6 Å². The van der Waals surface area contributed by atoms with Gasteiger partial charge in [-0.25, -0.2) is 0 Å². The number of hydrogen-bond acceptors (Lipinski definition) is 4. The van der Waals surface area contributed by atoms with E-state index < -0.39 is 12.1 Å². The summed E-state index contributed by atoms with van der Waals surface area (Å²) in [7, 11) is 1.94. The predicted molar refractivity (Wildman–Crippen MR) is 70.9 cm³/mol. The number of piperazine rings is 1. The molecule has 1 aliphatic rings. The SMILES string of the molecule is CN1CCN(C(=O)c2ccc(N)c(OC(F)(F)F)c2)CC1. The molecule has 1 amide bonds. The maximum absolute atomic E-state index is 12.3. The highest BCUT2D eigenvalue weighted by atomic mass is 19.4. The molecule has 2 N–H and O–H groups in total. The molecule has 0 radical (unpaired) electrons. The number of carbonyl (C=O) groups is 1. The van der Waals surface area contributed by atoms with Crippen LogP contribution in [0, 0.1) is 0 Å². The van der Waals surface area contributed by atoms with Gasteiger partial charge in [0, 0.05) is 31.7 Å². The van der Waals surface area contributed by atoms with Crippen LogP contribution in [-0.2, 0) is 0 Å². The Morgan fingerprint density at radius 1 is 1.24 bits per heavy atom. The second-order valence-corrected chi connectivity index (χ2v) is 4.90. The van der Waals surface area contributed by atoms with Crippen LogP contribution < -0.4 is 10.5 Å². The standard InChI is InChI=1S/C13H16F3N3O2/c1-18-4-6-19(7-5-18)12(20)9-2-3-10(17)11(8-9)21-13(14,15)16/h2-3,8H,4-7,17H2,1H3. The normalized spacial score (nSPS) is 16.9. The van der Waals surface area contributed by atoms with E-state index in [9.17, 15) is 18.0 Å². The molecular formula is C13H16F3N3O2. The van der Waals surface area contributed by atoms with E-state index in [0.717, 1.165) is 19.2 Å². The van der Waals surface area contributed by atoms with Crippen LogP contribution in [-0.4, -0.2) is 55.3 Å². The number of anilines is 1. The van der Waals surface area contributed by atoms with E-state index >= 15 is 0 Å². The van der Waals surface area contributed by atoms with Crippen molar-refractivity contribution in [3.8, 4) is 5.75 Å². The van der Waals surface area contributed by atoms with E-state index in [1.165, 1.54) is 12.1 Å². The number of halogens is 3. The van der Waals surface area contributed by atoms with Crippen LogP contribution in [0.3, 0.4) is 0 Å². The number of amides is 1. The zero-order valence-electron chi connectivity index (χ0n) is 11.5. The highest BCUT2D eigenvalue weighted by Crippen LogP contribution is 2.29. The highest BCUT2D eigenvalue weighted by molar-refractivity contribution is 5.95. The summed E-state index contributed by atoms with van der Waals surface area (Å²) in [6.45, 7) is 2.53. The van der Waals surface area contributed by atoms with Gasteiger partial charge in [-0.15, -0.1) is 13.2 Å². The first-order chi connectivity index (χ1) is 9.76. The first kappa shape index (κ1) is 15.4. The molecule has 0 saturated carbocycles. The van der Waals surface area contributed by atoms with Crippen LogP contribution in [0.4, 0.5) is 18.9 Å². The minimum atomic E-state index is -4.84. The molecule has 1 saturated heterocycles. The summed E-state index contributed by atoms with van der Waals surface area (Å²) in [4.78, 5) is 15.9. The molecule has 1 aliphatic heterocycles. The van der Waals surface area contributed by atoms with E-state index in [1.807, 2.05) is 7.05 Å². The molecule has 0 atom stereocenters. The lowest BCUT2D eigenvalue weighted by atomic mass is 10.1. The lowest BCUT2D eigenvalue weighted by Crippen LogP contribution is -2.47. The Balaban J connectivity index is 2.16. The lowest BCUT2D eigenvalue weighted by Gasteiger charge is -2.32. The number of nitrogens with two attached hydrogens (primary N) is 1. The van der Waals surface area contributed by atoms with Gasteiger partial charge < -0.3 is 20.3 Å². The third kappa shape index (κ3) is 4.01. The van der Waals surface area contributed by atoms with Crippen LogP contribution in [0.2, 0.25) is 0 Å². The Kier molecular flexibility index (Phi) is 4.26. The van der Waals surface area contributed by atoms with Gasteiger partial charge in [0.05, 0.1) is 5.69 Å². The van der Waals surface area contributed by atoms with E-state index in [4.69, 9.17) is 5.73 Å². The third-order valence-corrected chi connectivity index (χ3v) is 3.28. The molecule has 116 valence electrons. The summed E-state index contributed by atoms with van der Waals surface area (Å²) < 4.78 is 40.6. The van der Waals surface area contributed by atoms with Crippen LogP contribution >= 0.6 is 0 Å². The lowest BCUT2D eigenvalue weighted by molar-refractivity contribution is -0.274. The Bertz CT molecular complexity index is 526. The van der Waals surface area contributed by atoms with E-state index in [2.05, 4.69) is 9.64 Å². The molecule has 8 heteroatoms. The van der Waals surface area contributed by atoms with Crippen LogP contribution in [0.25, 0.3) is 0 Å². The minimum absolute atomic E-state index is 0.132. The first-order valence-electron chi connectivity index (χ1n) is 6.39. The molecule has 0 aromatic heterocycles. The number of alkyl halides is 3. The molecule has 0 bridgehead atoms. The Morgan fingerprint density at radius 3 is 2.43 bits per heavy atom. The first-order valence-corrected chi connectivity index (χ1v) is 6.39. The van der Waals surface area contributed by atoms with Gasteiger partial charge in [-0.05, 0) is 25.2 Å². The summed E-state index contributed by atoms with van der Waals surface area (Å²) in [6, 6.07) is 3.67. The molecule has 21 heavy (non-hydrogen) atoms. The number of nitrogen functional groups attached to an aromatic ring is 1. The third-order valence-electron chi connectivity index (χ3n) is 3.28. The summed E-state index contributed by atoms with van der Waals surface area (Å²) in [5.74, 6) is -0.877. The predicted octanol–water partition coefficient (Wildman–Crippen LogP) is 1.56. The van der Waals surface area contributed by atoms with Gasteiger partial charge in [0.25, 0.3) is 5.91 Å². The zero-order chi connectivity index (χ0) is 15.6. The van der Waals surface area contributed by atoms with Crippen molar-refractivity contribution in [3.63, 3.8) is 0 Å². The van der Waals surface area contributed by atoms with Gasteiger partial charge in [-0.2, -0.15) is 0 Å². The van der Waals surface area contributed by atoms with Crippen molar-refractivity contribution < 1.29 is 22.7 Å². The monoisotopic (exact) mass is 303 g/mol. The second kappa shape index (κ2) is 5.80. The van der Waals surface area contributed by atoms with Crippen molar-refractivity contribution in [2.75, 3.05) is 39.0 Å². The minimum Gasteiger partial charge on any atom is -0.404 e. The van der Waals surface area contributed by atoms with E-state index in [0.29, 0.717) is 13.1 Å². The van der Waals surface area contributed by atoms with Gasteiger partial charge in [-0.1, -0.05) is 0 Å². The van der Waals surface area contributed by atoms with E-state index in [-0.39, 0.29) is 17.2 Å². The average molecular weight is 303 g/mol. The fourth-order valence-corrected chi connectivity index (χ4v) is 2.07. The molecule has 0 unspecified atom stereocenters. The molecule has 0 spiro atoms. The molecular weight excluding hydrogens is 287 g/mol. The molecule has 1 heterocycles. The maximum atomic E-state index is 12.3. The van der Waals surface area contributed by atoms with Crippen LogP contribution in [0.15, 0.2) is 18.2 Å². The topological polar surface area (TPSA) is 58.8 Å². The Hall–Kier alpha value is -1.96. The van der Waals surface area contributed by atoms with Gasteiger partial charge in [-0.3, -0.25) is 4.79 Å². The number of hydrogen-bond donors (Lipinski definition) is 1. The number of carbonyl (C=O) groups excluding carboxylic acids is 1. The summed E-state index contributed by atoms with van der Waals surface area (Å²) in [5.41, 5.74) is 5.40. The molecule has 0 aliphatic carbocycles. The molecule has 5 nitrogen and oxygen atoms in total. The van der Waals surface area contributed by atoms with Gasteiger partial charge in [0.2, 0.25) is 0 Å². The number of nitrogens with zero attached hydrogens (tertiary/aromatic N) is 2. The molecule has 1 fully saturated rings. The van der Waals surface area contributed by atoms with Crippen molar-refractivity contribution in [1.82, 2.24) is 9.80 Å². The van der Waals surface area contributed by atoms with Gasteiger partial charge in [0.1, 0.15) is 0 Å². The average Bonchev–Trinajstić information content (AvgIpc) is 2.40. The van der Waals surface area contributed by atoms with Crippen LogP contribution in [0.1, 0.15) is 10.4 Å². The number of ether oxygens (including phenoxy) is 1. The summed E-state index contributed by atoms with van der Waals surface area (Å²) in [5, 5.41) is 0. The largest absolute Gasteiger partial charge is 0.573 e. The molecule has 1 aromatic rings. The van der Waals surface area contributed by atoms with Gasteiger partial charge in [0.15, 0.2) is 5.75 Å². The van der Waals surface area contributed by atoms with Crippen molar-refractivity contribution in [3.05, 3.63) is 23.8 Å². The molecule has 2 rings (SSSR count). The second-order valence-electron chi connectivity index (χ2n) is 4.90. The fraction of sp³-hybridized carbons (Fsp3) is 0.462. The van der Waals surface area contributed by atoms with Gasteiger partial charge >= 0.3 is 6.36 Å². The van der Waals surface area contributed by atoms with Crippen molar-refractivity contribution in [2.24, 2.45) is 0 Å². The highest BCUT2D eigenvalue weighted by Gasteiger charge is 2.32. The van der Waals surface area contributed by atoms with E-state index in [1.54, 1.807) is 4.90 Å². The Labute approximate surface area is 120 Å². The van der Waals surface area contributed by atoms with Crippen molar-refractivity contribution in [2.45, 2.75) is 6.36 Å². The maximum Gasteiger partial charge on any atom is 0.573 e. The summed E-state index contributed by atoms with van der Waals surface area (Å²) >= 11 is 0.